The van der Waals surface area contributed by atoms with Crippen molar-refractivity contribution in [3.63, 3.8) is 0 Å². The van der Waals surface area contributed by atoms with Crippen LogP contribution in [0.25, 0.3) is 0 Å². The van der Waals surface area contributed by atoms with Gasteiger partial charge in [0.15, 0.2) is 11.5 Å². The first-order chi connectivity index (χ1) is 14.8. The maximum Gasteiger partial charge on any atom is 0.337 e. The molecule has 1 heterocycles. The summed E-state index contributed by atoms with van der Waals surface area (Å²) in [5.74, 6) is -4.35. The van der Waals surface area contributed by atoms with Gasteiger partial charge in [-0.1, -0.05) is 6.07 Å². The standard InChI is InChI=1S/C21H24O10/c1-12(23)30-11-19-15(9-22)14(16(10-31-19)21(27)28-2)8-20(26)29-6-5-13-3-4-17(24)18(25)7-13/h3-4,7,9-10,14-15,19,24-25H,5-6,8,11H2,1-2H3/t14-,15-,19?/m0/s1. The summed E-state index contributed by atoms with van der Waals surface area (Å²) in [5.41, 5.74) is 0.635. The molecule has 0 bridgehead atoms. The van der Waals surface area contributed by atoms with Gasteiger partial charge < -0.3 is 34.0 Å². The molecule has 31 heavy (non-hydrogen) atoms. The molecule has 1 unspecified atom stereocenters. The zero-order valence-corrected chi connectivity index (χ0v) is 17.1. The highest BCUT2D eigenvalue weighted by Crippen LogP contribution is 2.33. The van der Waals surface area contributed by atoms with E-state index >= 15 is 0 Å². The van der Waals surface area contributed by atoms with Crippen LogP contribution < -0.4 is 0 Å². The van der Waals surface area contributed by atoms with Crippen LogP contribution in [0.2, 0.25) is 0 Å². The number of hydrogen-bond donors (Lipinski definition) is 2. The van der Waals surface area contributed by atoms with Crippen molar-refractivity contribution in [1.29, 1.82) is 0 Å². The number of carbonyl (C=O) groups is 4. The number of phenols is 2. The molecule has 1 aliphatic heterocycles. The lowest BCUT2D eigenvalue weighted by molar-refractivity contribution is -0.152. The number of carbonyl (C=O) groups excluding carboxylic acids is 4. The van der Waals surface area contributed by atoms with Gasteiger partial charge in [0.05, 0.1) is 37.9 Å². The molecule has 0 saturated heterocycles. The van der Waals surface area contributed by atoms with Crippen LogP contribution in [0.5, 0.6) is 11.5 Å². The summed E-state index contributed by atoms with van der Waals surface area (Å²) in [6.45, 7) is 0.961. The van der Waals surface area contributed by atoms with E-state index in [1.807, 2.05) is 0 Å². The van der Waals surface area contributed by atoms with Crippen LogP contribution in [0.4, 0.5) is 0 Å². The van der Waals surface area contributed by atoms with Gasteiger partial charge in [-0.05, 0) is 17.7 Å². The molecular weight excluding hydrogens is 412 g/mol. The molecule has 10 nitrogen and oxygen atoms in total. The molecule has 3 atom stereocenters. The Morgan fingerprint density at radius 1 is 1.16 bits per heavy atom. The molecule has 0 aliphatic carbocycles. The number of rotatable bonds is 9. The highest BCUT2D eigenvalue weighted by atomic mass is 16.6. The van der Waals surface area contributed by atoms with Crippen molar-refractivity contribution in [3.05, 3.63) is 35.6 Å². The molecule has 0 saturated carbocycles. The summed E-state index contributed by atoms with van der Waals surface area (Å²) in [5, 5.41) is 18.8. The fourth-order valence-corrected chi connectivity index (χ4v) is 3.15. The van der Waals surface area contributed by atoms with E-state index < -0.39 is 35.8 Å². The number of aldehydes is 1. The van der Waals surface area contributed by atoms with Gasteiger partial charge in [0, 0.05) is 19.3 Å². The third-order valence-electron chi connectivity index (χ3n) is 4.77. The Labute approximate surface area is 178 Å². The lowest BCUT2D eigenvalue weighted by Crippen LogP contribution is -2.41. The van der Waals surface area contributed by atoms with Crippen LogP contribution in [-0.2, 0) is 44.5 Å². The largest absolute Gasteiger partial charge is 0.504 e. The molecule has 10 heteroatoms. The first kappa shape index (κ1) is 23.7. The summed E-state index contributed by atoms with van der Waals surface area (Å²) in [6.07, 6.45) is 0.760. The van der Waals surface area contributed by atoms with Crippen molar-refractivity contribution in [2.24, 2.45) is 11.8 Å². The van der Waals surface area contributed by atoms with Crippen molar-refractivity contribution in [2.45, 2.75) is 25.9 Å². The fraction of sp³-hybridized carbons (Fsp3) is 0.429. The summed E-state index contributed by atoms with van der Waals surface area (Å²) < 4.78 is 20.2. The Bertz CT molecular complexity index is 860. The molecule has 2 N–H and O–H groups in total. The zero-order valence-electron chi connectivity index (χ0n) is 17.1. The van der Waals surface area contributed by atoms with Gasteiger partial charge in [-0.15, -0.1) is 0 Å². The van der Waals surface area contributed by atoms with E-state index in [1.165, 1.54) is 19.1 Å². The van der Waals surface area contributed by atoms with Gasteiger partial charge >= 0.3 is 17.9 Å². The molecule has 2 rings (SSSR count). The summed E-state index contributed by atoms with van der Waals surface area (Å²) in [4.78, 5) is 47.3. The monoisotopic (exact) mass is 436 g/mol. The Morgan fingerprint density at radius 2 is 1.90 bits per heavy atom. The van der Waals surface area contributed by atoms with Crippen molar-refractivity contribution < 1.29 is 48.3 Å². The van der Waals surface area contributed by atoms with E-state index in [0.717, 1.165) is 13.4 Å². The smallest absolute Gasteiger partial charge is 0.337 e. The predicted octanol–water partition coefficient (Wildman–Crippen LogP) is 1.02. The SMILES string of the molecule is COC(=O)C1=COC(COC(C)=O)[C@@H](C=O)[C@@H]1CC(=O)OCCc1ccc(O)c(O)c1. The van der Waals surface area contributed by atoms with Crippen molar-refractivity contribution in [3.8, 4) is 11.5 Å². The number of methoxy groups -OCH3 is 1. The zero-order chi connectivity index (χ0) is 23.0. The molecule has 1 aliphatic rings. The fourth-order valence-electron chi connectivity index (χ4n) is 3.15. The number of hydrogen-bond acceptors (Lipinski definition) is 10. The molecule has 0 fully saturated rings. The second kappa shape index (κ2) is 11.0. The summed E-state index contributed by atoms with van der Waals surface area (Å²) in [7, 11) is 1.16. The van der Waals surface area contributed by atoms with Crippen LogP contribution in [0.15, 0.2) is 30.0 Å². The van der Waals surface area contributed by atoms with E-state index in [0.29, 0.717) is 11.8 Å². The maximum absolute atomic E-state index is 12.4. The highest BCUT2D eigenvalue weighted by Gasteiger charge is 2.41. The lowest BCUT2D eigenvalue weighted by Gasteiger charge is -2.33. The van der Waals surface area contributed by atoms with Crippen LogP contribution in [0, 0.1) is 11.8 Å². The number of ether oxygens (including phenoxy) is 4. The Kier molecular flexibility index (Phi) is 8.42. The molecule has 0 radical (unpaired) electrons. The molecule has 0 spiro atoms. The molecule has 1 aromatic carbocycles. The molecule has 168 valence electrons. The number of aromatic hydroxyl groups is 2. The number of esters is 3. The van der Waals surface area contributed by atoms with Gasteiger partial charge in [0.1, 0.15) is 19.0 Å². The highest BCUT2D eigenvalue weighted by molar-refractivity contribution is 5.90. The lowest BCUT2D eigenvalue weighted by atomic mass is 9.79. The van der Waals surface area contributed by atoms with Gasteiger partial charge in [-0.3, -0.25) is 9.59 Å². The van der Waals surface area contributed by atoms with E-state index in [2.05, 4.69) is 0 Å². The number of phenolic OH excluding ortho intramolecular Hbond substituents is 2. The first-order valence-corrected chi connectivity index (χ1v) is 9.45. The van der Waals surface area contributed by atoms with E-state index in [9.17, 15) is 29.4 Å². The van der Waals surface area contributed by atoms with Gasteiger partial charge in [-0.25, -0.2) is 4.79 Å². The minimum atomic E-state index is -0.944. The van der Waals surface area contributed by atoms with Crippen LogP contribution in [0.3, 0.4) is 0 Å². The van der Waals surface area contributed by atoms with Crippen LogP contribution in [-0.4, -0.2) is 60.8 Å². The summed E-state index contributed by atoms with van der Waals surface area (Å²) in [6, 6.07) is 4.24. The van der Waals surface area contributed by atoms with Crippen molar-refractivity contribution in [1.82, 2.24) is 0 Å². The third kappa shape index (κ3) is 6.46. The first-order valence-electron chi connectivity index (χ1n) is 9.45. The third-order valence-corrected chi connectivity index (χ3v) is 4.77. The van der Waals surface area contributed by atoms with Crippen LogP contribution >= 0.6 is 0 Å². The second-order valence-electron chi connectivity index (χ2n) is 6.86. The average Bonchev–Trinajstić information content (AvgIpc) is 2.74. The summed E-state index contributed by atoms with van der Waals surface area (Å²) >= 11 is 0. The second-order valence-corrected chi connectivity index (χ2v) is 6.86. The van der Waals surface area contributed by atoms with Crippen molar-refractivity contribution >= 4 is 24.2 Å². The number of benzene rings is 1. The van der Waals surface area contributed by atoms with Gasteiger partial charge in [0.25, 0.3) is 0 Å². The molecule has 0 amide bonds. The maximum atomic E-state index is 12.4. The Morgan fingerprint density at radius 3 is 2.52 bits per heavy atom. The molecule has 0 aromatic heterocycles. The Balaban J connectivity index is 2.04. The quantitative estimate of drug-likeness (QED) is 0.249. The van der Waals surface area contributed by atoms with E-state index in [-0.39, 0.29) is 43.1 Å². The van der Waals surface area contributed by atoms with E-state index in [1.54, 1.807) is 6.07 Å². The molecular formula is C21H24O10. The average molecular weight is 436 g/mol. The minimum absolute atomic E-state index is 0.000850. The van der Waals surface area contributed by atoms with Crippen molar-refractivity contribution in [2.75, 3.05) is 20.3 Å². The predicted molar refractivity (Wildman–Crippen MR) is 104 cm³/mol. The normalized spacial score (nSPS) is 20.1. The van der Waals surface area contributed by atoms with Gasteiger partial charge in [0.2, 0.25) is 0 Å². The van der Waals surface area contributed by atoms with Crippen LogP contribution in [0.1, 0.15) is 18.9 Å². The topological polar surface area (TPSA) is 146 Å². The van der Waals surface area contributed by atoms with E-state index in [4.69, 9.17) is 18.9 Å². The minimum Gasteiger partial charge on any atom is -0.504 e. The van der Waals surface area contributed by atoms with Gasteiger partial charge in [-0.2, -0.15) is 0 Å². The molecule has 1 aromatic rings. The Hall–Kier alpha value is -3.56.